The van der Waals surface area contributed by atoms with Gasteiger partial charge in [0.25, 0.3) is 0 Å². The molecule has 17 heavy (non-hydrogen) atoms. The average Bonchev–Trinajstić information content (AvgIpc) is 2.29. The van der Waals surface area contributed by atoms with Gasteiger partial charge in [0.05, 0.1) is 7.11 Å². The van der Waals surface area contributed by atoms with Gasteiger partial charge in [-0.25, -0.2) is 0 Å². The SMILES string of the molecule is CCNC1CSc2cc(C)cc(OC)c2C1.Cl. The Bertz CT molecular complexity index is 367. The highest BCUT2D eigenvalue weighted by Gasteiger charge is 2.21. The second-order valence-electron chi connectivity index (χ2n) is 4.21. The highest BCUT2D eigenvalue weighted by atomic mass is 35.5. The van der Waals surface area contributed by atoms with Crippen LogP contribution in [0.5, 0.6) is 5.75 Å². The predicted molar refractivity (Wildman–Crippen MR) is 76.9 cm³/mol. The van der Waals surface area contributed by atoms with Crippen molar-refractivity contribution in [2.45, 2.75) is 31.2 Å². The first-order valence-electron chi connectivity index (χ1n) is 5.78. The second-order valence-corrected chi connectivity index (χ2v) is 5.28. The zero-order chi connectivity index (χ0) is 11.5. The number of hydrogen-bond acceptors (Lipinski definition) is 3. The molecule has 1 aliphatic rings. The third kappa shape index (κ3) is 3.30. The van der Waals surface area contributed by atoms with Crippen LogP contribution in [0.4, 0.5) is 0 Å². The molecule has 1 unspecified atom stereocenters. The van der Waals surface area contributed by atoms with Crippen LogP contribution in [0.15, 0.2) is 17.0 Å². The summed E-state index contributed by atoms with van der Waals surface area (Å²) in [6.07, 6.45) is 1.08. The van der Waals surface area contributed by atoms with E-state index in [1.807, 2.05) is 11.8 Å². The number of benzene rings is 1. The molecule has 2 nitrogen and oxygen atoms in total. The summed E-state index contributed by atoms with van der Waals surface area (Å²) < 4.78 is 5.48. The molecule has 1 N–H and O–H groups in total. The van der Waals surface area contributed by atoms with E-state index in [9.17, 15) is 0 Å². The third-order valence-corrected chi connectivity index (χ3v) is 4.16. The first-order valence-corrected chi connectivity index (χ1v) is 6.76. The number of aryl methyl sites for hydroxylation is 1. The molecule has 4 heteroatoms. The van der Waals surface area contributed by atoms with E-state index in [4.69, 9.17) is 4.74 Å². The number of thioether (sulfide) groups is 1. The molecule has 0 amide bonds. The summed E-state index contributed by atoms with van der Waals surface area (Å²) in [5.74, 6) is 2.21. The summed E-state index contributed by atoms with van der Waals surface area (Å²) in [4.78, 5) is 1.39. The van der Waals surface area contributed by atoms with Gasteiger partial charge in [0, 0.05) is 22.3 Å². The number of rotatable bonds is 3. The number of nitrogens with one attached hydrogen (secondary N) is 1. The van der Waals surface area contributed by atoms with Crippen LogP contribution in [0.3, 0.4) is 0 Å². The Labute approximate surface area is 114 Å². The highest BCUT2D eigenvalue weighted by molar-refractivity contribution is 7.99. The van der Waals surface area contributed by atoms with Crippen LogP contribution in [0, 0.1) is 6.92 Å². The Morgan fingerprint density at radius 3 is 2.88 bits per heavy atom. The molecule has 1 atom stereocenters. The highest BCUT2D eigenvalue weighted by Crippen LogP contribution is 2.36. The molecular formula is C13H20ClNOS. The molecule has 0 saturated heterocycles. The summed E-state index contributed by atoms with van der Waals surface area (Å²) in [7, 11) is 1.76. The van der Waals surface area contributed by atoms with E-state index in [1.54, 1.807) is 7.11 Å². The van der Waals surface area contributed by atoms with Crippen LogP contribution in [0.2, 0.25) is 0 Å². The Hall–Kier alpha value is -0.380. The summed E-state index contributed by atoms with van der Waals surface area (Å²) in [6, 6.07) is 4.98. The van der Waals surface area contributed by atoms with Gasteiger partial charge in [0.1, 0.15) is 5.75 Å². The third-order valence-electron chi connectivity index (χ3n) is 2.92. The van der Waals surface area contributed by atoms with E-state index in [0.717, 1.165) is 24.5 Å². The van der Waals surface area contributed by atoms with Crippen molar-refractivity contribution in [3.63, 3.8) is 0 Å². The number of fused-ring (bicyclic) bond motifs is 1. The maximum atomic E-state index is 5.48. The molecule has 1 aromatic carbocycles. The number of likely N-dealkylation sites (N-methyl/N-ethyl adjacent to an activating group) is 1. The predicted octanol–water partition coefficient (Wildman–Crippen LogP) is 3.05. The van der Waals surface area contributed by atoms with E-state index >= 15 is 0 Å². The van der Waals surface area contributed by atoms with Gasteiger partial charge >= 0.3 is 0 Å². The minimum absolute atomic E-state index is 0. The van der Waals surface area contributed by atoms with E-state index in [1.165, 1.54) is 16.0 Å². The van der Waals surface area contributed by atoms with Crippen LogP contribution >= 0.6 is 24.2 Å². The van der Waals surface area contributed by atoms with E-state index in [-0.39, 0.29) is 12.4 Å². The fourth-order valence-electron chi connectivity index (χ4n) is 2.18. The number of ether oxygens (including phenoxy) is 1. The molecular weight excluding hydrogens is 254 g/mol. The summed E-state index contributed by atoms with van der Waals surface area (Å²) in [5.41, 5.74) is 2.65. The van der Waals surface area contributed by atoms with Gasteiger partial charge in [-0.1, -0.05) is 6.92 Å². The first-order chi connectivity index (χ1) is 7.74. The molecule has 2 rings (SSSR count). The minimum Gasteiger partial charge on any atom is -0.496 e. The average molecular weight is 274 g/mol. The molecule has 0 radical (unpaired) electrons. The lowest BCUT2D eigenvalue weighted by molar-refractivity contribution is 0.403. The van der Waals surface area contributed by atoms with Gasteiger partial charge < -0.3 is 10.1 Å². The molecule has 0 spiro atoms. The van der Waals surface area contributed by atoms with Gasteiger partial charge in [-0.2, -0.15) is 0 Å². The molecule has 1 heterocycles. The van der Waals surface area contributed by atoms with Crippen LogP contribution in [0.1, 0.15) is 18.1 Å². The topological polar surface area (TPSA) is 21.3 Å². The van der Waals surface area contributed by atoms with E-state index in [2.05, 4.69) is 31.3 Å². The fraction of sp³-hybridized carbons (Fsp3) is 0.538. The Morgan fingerprint density at radius 1 is 1.47 bits per heavy atom. The maximum absolute atomic E-state index is 5.48. The zero-order valence-electron chi connectivity index (χ0n) is 10.6. The van der Waals surface area contributed by atoms with E-state index in [0.29, 0.717) is 6.04 Å². The van der Waals surface area contributed by atoms with Crippen LogP contribution in [0.25, 0.3) is 0 Å². The van der Waals surface area contributed by atoms with E-state index < -0.39 is 0 Å². The van der Waals surface area contributed by atoms with Crippen molar-refractivity contribution < 1.29 is 4.74 Å². The Morgan fingerprint density at radius 2 is 2.24 bits per heavy atom. The fourth-order valence-corrected chi connectivity index (χ4v) is 3.42. The first kappa shape index (κ1) is 14.7. The maximum Gasteiger partial charge on any atom is 0.123 e. The normalized spacial score (nSPS) is 18.2. The standard InChI is InChI=1S/C13H19NOS.ClH/c1-4-14-10-7-11-12(15-3)5-9(2)6-13(11)16-8-10;/h5-6,10,14H,4,7-8H2,1-3H3;1H. The summed E-state index contributed by atoms with van der Waals surface area (Å²) in [6.45, 7) is 5.32. The van der Waals surface area contributed by atoms with Gasteiger partial charge in [-0.05, 0) is 37.6 Å². The van der Waals surface area contributed by atoms with Gasteiger partial charge in [-0.3, -0.25) is 0 Å². The van der Waals surface area contributed by atoms with Crippen LogP contribution < -0.4 is 10.1 Å². The lowest BCUT2D eigenvalue weighted by Crippen LogP contribution is -2.35. The lowest BCUT2D eigenvalue weighted by atomic mass is 10.0. The van der Waals surface area contributed by atoms with Gasteiger partial charge in [0.2, 0.25) is 0 Å². The molecule has 0 aliphatic carbocycles. The number of methoxy groups -OCH3 is 1. The summed E-state index contributed by atoms with van der Waals surface area (Å²) >= 11 is 1.94. The Balaban J connectivity index is 0.00000144. The van der Waals surface area contributed by atoms with Gasteiger partial charge in [0.15, 0.2) is 0 Å². The minimum atomic E-state index is 0. The van der Waals surface area contributed by atoms with Crippen LogP contribution in [-0.4, -0.2) is 25.4 Å². The quantitative estimate of drug-likeness (QED) is 0.915. The van der Waals surface area contributed by atoms with Crippen molar-refractivity contribution in [3.8, 4) is 5.75 Å². The largest absolute Gasteiger partial charge is 0.496 e. The number of halogens is 1. The second kappa shape index (κ2) is 6.53. The molecule has 1 aromatic rings. The molecule has 0 fully saturated rings. The van der Waals surface area contributed by atoms with Crippen molar-refractivity contribution in [1.29, 1.82) is 0 Å². The molecule has 1 aliphatic heterocycles. The Kier molecular flexibility index (Phi) is 5.63. The number of hydrogen-bond donors (Lipinski definition) is 1. The molecule has 0 bridgehead atoms. The van der Waals surface area contributed by atoms with Crippen molar-refractivity contribution in [2.24, 2.45) is 0 Å². The lowest BCUT2D eigenvalue weighted by Gasteiger charge is -2.26. The molecule has 0 saturated carbocycles. The zero-order valence-corrected chi connectivity index (χ0v) is 12.2. The molecule has 0 aromatic heterocycles. The van der Waals surface area contributed by atoms with Gasteiger partial charge in [-0.15, -0.1) is 24.2 Å². The molecule has 96 valence electrons. The van der Waals surface area contributed by atoms with Crippen molar-refractivity contribution in [2.75, 3.05) is 19.4 Å². The van der Waals surface area contributed by atoms with Crippen LogP contribution in [-0.2, 0) is 6.42 Å². The van der Waals surface area contributed by atoms with Crippen molar-refractivity contribution in [3.05, 3.63) is 23.3 Å². The van der Waals surface area contributed by atoms with Crippen molar-refractivity contribution in [1.82, 2.24) is 5.32 Å². The summed E-state index contributed by atoms with van der Waals surface area (Å²) in [5, 5.41) is 3.51. The smallest absolute Gasteiger partial charge is 0.123 e. The monoisotopic (exact) mass is 273 g/mol. The van der Waals surface area contributed by atoms with Crippen molar-refractivity contribution >= 4 is 24.2 Å².